The molecule has 0 atom stereocenters. The van der Waals surface area contributed by atoms with Crippen LogP contribution in [0.1, 0.15) is 28.8 Å². The molecule has 1 heterocycles. The Morgan fingerprint density at radius 1 is 1.07 bits per heavy atom. The monoisotopic (exact) mass is 406 g/mol. The highest BCUT2D eigenvalue weighted by molar-refractivity contribution is 6.35. The summed E-state index contributed by atoms with van der Waals surface area (Å²) in [5.74, 6) is -1.23. The Balaban J connectivity index is 1.62. The summed E-state index contributed by atoms with van der Waals surface area (Å²) in [6.45, 7) is 2.24. The molecule has 0 spiro atoms. The molecule has 0 radical (unpaired) electrons. The van der Waals surface area contributed by atoms with E-state index in [-0.39, 0.29) is 11.8 Å². The zero-order chi connectivity index (χ0) is 19.4. The number of carboxylic acids is 1. The third-order valence-electron chi connectivity index (χ3n) is 4.65. The van der Waals surface area contributed by atoms with E-state index in [9.17, 15) is 9.59 Å². The molecule has 1 aliphatic heterocycles. The number of nitrogens with zero attached hydrogens (tertiary/aromatic N) is 1. The number of nitrogens with one attached hydrogen (secondary N) is 1. The first kappa shape index (κ1) is 19.7. The molecule has 0 bridgehead atoms. The number of carbonyl (C=O) groups excluding carboxylic acids is 1. The molecule has 2 aromatic rings. The molecule has 3 rings (SSSR count). The van der Waals surface area contributed by atoms with E-state index in [0.717, 1.165) is 25.2 Å². The second kappa shape index (κ2) is 8.74. The van der Waals surface area contributed by atoms with Gasteiger partial charge in [0.2, 0.25) is 0 Å². The second-order valence-electron chi connectivity index (χ2n) is 6.70. The molecule has 1 amide bonds. The molecule has 27 heavy (non-hydrogen) atoms. The first-order chi connectivity index (χ1) is 12.9. The molecule has 2 N–H and O–H groups in total. The Morgan fingerprint density at radius 3 is 2.37 bits per heavy atom. The molecule has 1 fully saturated rings. The van der Waals surface area contributed by atoms with Crippen molar-refractivity contribution in [2.24, 2.45) is 5.92 Å². The molecular weight excluding hydrogens is 387 g/mol. The average molecular weight is 407 g/mol. The van der Waals surface area contributed by atoms with Crippen molar-refractivity contribution >= 4 is 40.8 Å². The lowest BCUT2D eigenvalue weighted by Crippen LogP contribution is -2.35. The first-order valence-electron chi connectivity index (χ1n) is 8.72. The van der Waals surface area contributed by atoms with Gasteiger partial charge in [-0.1, -0.05) is 35.3 Å². The number of carboxylic acid groups (broad SMARTS) is 1. The van der Waals surface area contributed by atoms with E-state index >= 15 is 0 Å². The summed E-state index contributed by atoms with van der Waals surface area (Å²) in [5.41, 5.74) is 2.15. The van der Waals surface area contributed by atoms with Gasteiger partial charge in [0, 0.05) is 27.8 Å². The lowest BCUT2D eigenvalue weighted by atomic mass is 9.97. The Morgan fingerprint density at radius 2 is 1.74 bits per heavy atom. The molecule has 5 nitrogen and oxygen atoms in total. The molecule has 0 aromatic heterocycles. The zero-order valence-electron chi connectivity index (χ0n) is 14.6. The fourth-order valence-electron chi connectivity index (χ4n) is 3.23. The highest BCUT2D eigenvalue weighted by Gasteiger charge is 2.24. The fraction of sp³-hybridized carbons (Fsp3) is 0.300. The Labute approximate surface area is 167 Å². The average Bonchev–Trinajstić information content (AvgIpc) is 2.61. The number of anilines is 1. The molecule has 1 aliphatic rings. The minimum Gasteiger partial charge on any atom is -0.481 e. The predicted octanol–water partition coefficient (Wildman–Crippen LogP) is 4.54. The van der Waals surface area contributed by atoms with E-state index in [1.54, 1.807) is 18.2 Å². The van der Waals surface area contributed by atoms with Crippen LogP contribution in [0.15, 0.2) is 42.5 Å². The minimum atomic E-state index is -0.708. The molecule has 0 aliphatic carbocycles. The van der Waals surface area contributed by atoms with E-state index < -0.39 is 5.97 Å². The normalized spacial score (nSPS) is 15.5. The van der Waals surface area contributed by atoms with Crippen LogP contribution in [0.2, 0.25) is 10.0 Å². The van der Waals surface area contributed by atoms with Crippen LogP contribution < -0.4 is 5.32 Å². The number of amides is 1. The third-order valence-corrected chi connectivity index (χ3v) is 5.09. The number of piperidine rings is 1. The maximum absolute atomic E-state index is 12.4. The third kappa shape index (κ3) is 5.45. The fourth-order valence-corrected chi connectivity index (χ4v) is 3.76. The second-order valence-corrected chi connectivity index (χ2v) is 7.57. The highest BCUT2D eigenvalue weighted by atomic mass is 35.5. The van der Waals surface area contributed by atoms with Crippen molar-refractivity contribution in [3.05, 3.63) is 63.6 Å². The number of halogens is 2. The van der Waals surface area contributed by atoms with Crippen LogP contribution in [0.4, 0.5) is 5.69 Å². The van der Waals surface area contributed by atoms with E-state index in [0.29, 0.717) is 34.1 Å². The van der Waals surface area contributed by atoms with Gasteiger partial charge in [0.15, 0.2) is 0 Å². The summed E-state index contributed by atoms with van der Waals surface area (Å²) in [6, 6.07) is 12.3. The van der Waals surface area contributed by atoms with Crippen LogP contribution in [-0.4, -0.2) is 35.0 Å². The molecule has 142 valence electrons. The van der Waals surface area contributed by atoms with Crippen molar-refractivity contribution in [2.75, 3.05) is 18.4 Å². The van der Waals surface area contributed by atoms with Gasteiger partial charge in [0.05, 0.1) is 5.92 Å². The lowest BCUT2D eigenvalue weighted by Gasteiger charge is -2.30. The predicted molar refractivity (Wildman–Crippen MR) is 106 cm³/mol. The molecular formula is C20H20Cl2N2O3. The smallest absolute Gasteiger partial charge is 0.306 e. The lowest BCUT2D eigenvalue weighted by molar-refractivity contribution is -0.143. The Kier molecular flexibility index (Phi) is 6.37. The van der Waals surface area contributed by atoms with Gasteiger partial charge in [-0.25, -0.2) is 0 Å². The van der Waals surface area contributed by atoms with Crippen molar-refractivity contribution < 1.29 is 14.7 Å². The molecule has 7 heteroatoms. The summed E-state index contributed by atoms with van der Waals surface area (Å²) in [5, 5.41) is 12.8. The van der Waals surface area contributed by atoms with Crippen molar-refractivity contribution in [2.45, 2.75) is 19.4 Å². The molecule has 2 aromatic carbocycles. The van der Waals surface area contributed by atoms with Crippen LogP contribution in [0.25, 0.3) is 0 Å². The maximum atomic E-state index is 12.4. The summed E-state index contributed by atoms with van der Waals surface area (Å²) in [4.78, 5) is 25.7. The Hall–Kier alpha value is -2.08. The molecule has 1 saturated heterocycles. The number of benzene rings is 2. The van der Waals surface area contributed by atoms with E-state index in [1.807, 2.05) is 24.3 Å². The quantitative estimate of drug-likeness (QED) is 0.764. The minimum absolute atomic E-state index is 0.239. The topological polar surface area (TPSA) is 69.6 Å². The number of hydrogen-bond donors (Lipinski definition) is 2. The van der Waals surface area contributed by atoms with Crippen molar-refractivity contribution in [1.82, 2.24) is 4.90 Å². The number of carbonyl (C=O) groups is 2. The van der Waals surface area contributed by atoms with Crippen LogP contribution in [0, 0.1) is 5.92 Å². The summed E-state index contributed by atoms with van der Waals surface area (Å²) < 4.78 is 0. The van der Waals surface area contributed by atoms with Crippen molar-refractivity contribution in [3.63, 3.8) is 0 Å². The van der Waals surface area contributed by atoms with Gasteiger partial charge in [-0.15, -0.1) is 0 Å². The Bertz CT molecular complexity index is 829. The number of aliphatic carboxylic acids is 1. The van der Waals surface area contributed by atoms with E-state index in [2.05, 4.69) is 10.2 Å². The van der Waals surface area contributed by atoms with Gasteiger partial charge in [-0.3, -0.25) is 14.5 Å². The standard InChI is InChI=1S/C20H20Cl2N2O3/c21-16-9-15(10-17(22)11-16)19(25)23-18-3-1-2-13(8-18)12-24-6-4-14(5-7-24)20(26)27/h1-3,8-11,14H,4-7,12H2,(H,23,25)(H,26,27). The van der Waals surface area contributed by atoms with Gasteiger partial charge < -0.3 is 10.4 Å². The van der Waals surface area contributed by atoms with Gasteiger partial charge in [-0.05, 0) is 61.8 Å². The summed E-state index contributed by atoms with van der Waals surface area (Å²) in [6.07, 6.45) is 1.34. The maximum Gasteiger partial charge on any atom is 0.306 e. The van der Waals surface area contributed by atoms with Crippen LogP contribution in [0.5, 0.6) is 0 Å². The summed E-state index contributed by atoms with van der Waals surface area (Å²) >= 11 is 11.9. The van der Waals surface area contributed by atoms with Gasteiger partial charge in [0.25, 0.3) is 5.91 Å². The number of likely N-dealkylation sites (tertiary alicyclic amines) is 1. The highest BCUT2D eigenvalue weighted by Crippen LogP contribution is 2.22. The SMILES string of the molecule is O=C(Nc1cccc(CN2CCC(C(=O)O)CC2)c1)c1cc(Cl)cc(Cl)c1. The van der Waals surface area contributed by atoms with Gasteiger partial charge in [-0.2, -0.15) is 0 Å². The van der Waals surface area contributed by atoms with E-state index in [4.69, 9.17) is 28.3 Å². The van der Waals surface area contributed by atoms with E-state index in [1.165, 1.54) is 0 Å². The van der Waals surface area contributed by atoms with Crippen LogP contribution >= 0.6 is 23.2 Å². The summed E-state index contributed by atoms with van der Waals surface area (Å²) in [7, 11) is 0. The largest absolute Gasteiger partial charge is 0.481 e. The van der Waals surface area contributed by atoms with Gasteiger partial charge in [0.1, 0.15) is 0 Å². The number of hydrogen-bond acceptors (Lipinski definition) is 3. The zero-order valence-corrected chi connectivity index (χ0v) is 16.1. The van der Waals surface area contributed by atoms with Gasteiger partial charge >= 0.3 is 5.97 Å². The van der Waals surface area contributed by atoms with Crippen LogP contribution in [-0.2, 0) is 11.3 Å². The van der Waals surface area contributed by atoms with Crippen LogP contribution in [0.3, 0.4) is 0 Å². The molecule has 0 saturated carbocycles. The number of rotatable bonds is 5. The van der Waals surface area contributed by atoms with Crippen molar-refractivity contribution in [3.8, 4) is 0 Å². The first-order valence-corrected chi connectivity index (χ1v) is 9.48. The molecule has 0 unspecified atom stereocenters. The van der Waals surface area contributed by atoms with Crippen molar-refractivity contribution in [1.29, 1.82) is 0 Å².